The molecule has 2 aromatic rings. The predicted octanol–water partition coefficient (Wildman–Crippen LogP) is 3.82. The largest absolute Gasteiger partial charge is 0.493 e. The molecule has 0 aromatic heterocycles. The fraction of sp³-hybridized carbons (Fsp3) is 0.409. The number of nitrogens with zero attached hydrogens (tertiary/aromatic N) is 2. The van der Waals surface area contributed by atoms with E-state index in [1.165, 1.54) is 19.2 Å². The highest BCUT2D eigenvalue weighted by atomic mass is 16.6. The molecule has 0 aliphatic heterocycles. The monoisotopic (exact) mass is 415 g/mol. The molecule has 0 bridgehead atoms. The van der Waals surface area contributed by atoms with Gasteiger partial charge in [-0.25, -0.2) is 0 Å². The minimum atomic E-state index is -0.587. The van der Waals surface area contributed by atoms with Gasteiger partial charge in [-0.15, -0.1) is 0 Å². The number of nitro groups is 1. The van der Waals surface area contributed by atoms with Crippen molar-refractivity contribution in [2.75, 3.05) is 33.4 Å². The van der Waals surface area contributed by atoms with Gasteiger partial charge in [0.05, 0.1) is 30.7 Å². The number of benzene rings is 2. The second kappa shape index (κ2) is 11.2. The van der Waals surface area contributed by atoms with Crippen molar-refractivity contribution in [3.8, 4) is 11.5 Å². The van der Waals surface area contributed by atoms with E-state index < -0.39 is 10.8 Å². The fourth-order valence-electron chi connectivity index (χ4n) is 3.39. The minimum absolute atomic E-state index is 0.0474. The number of ether oxygens (including phenoxy) is 2. The zero-order valence-electron chi connectivity index (χ0n) is 17.9. The Morgan fingerprint density at radius 3 is 2.33 bits per heavy atom. The van der Waals surface area contributed by atoms with Crippen LogP contribution in [0.4, 0.5) is 5.69 Å². The summed E-state index contributed by atoms with van der Waals surface area (Å²) in [5.41, 5.74) is 0.683. The summed E-state index contributed by atoms with van der Waals surface area (Å²) in [6, 6.07) is 12.4. The van der Waals surface area contributed by atoms with Crippen LogP contribution >= 0.6 is 0 Å². The maximum Gasteiger partial charge on any atom is 0.286 e. The molecule has 162 valence electrons. The molecule has 1 atom stereocenters. The third kappa shape index (κ3) is 5.48. The Hall–Kier alpha value is -3.13. The number of carbonyl (C=O) groups is 1. The number of nitrogens with one attached hydrogen (secondary N) is 1. The van der Waals surface area contributed by atoms with Crippen LogP contribution in [0.5, 0.6) is 11.5 Å². The van der Waals surface area contributed by atoms with Gasteiger partial charge in [0.25, 0.3) is 11.6 Å². The Bertz CT molecular complexity index is 853. The Morgan fingerprint density at radius 2 is 1.80 bits per heavy atom. The third-order valence-corrected chi connectivity index (χ3v) is 4.92. The summed E-state index contributed by atoms with van der Waals surface area (Å²) in [6.07, 6.45) is 0. The third-order valence-electron chi connectivity index (χ3n) is 4.92. The van der Waals surface area contributed by atoms with Crippen LogP contribution in [-0.2, 0) is 0 Å². The maximum atomic E-state index is 12.9. The first-order valence-electron chi connectivity index (χ1n) is 10.0. The van der Waals surface area contributed by atoms with Crippen LogP contribution in [0.1, 0.15) is 42.7 Å². The first-order chi connectivity index (χ1) is 14.5. The number of hydrogen-bond acceptors (Lipinski definition) is 6. The predicted molar refractivity (Wildman–Crippen MR) is 115 cm³/mol. The normalized spacial score (nSPS) is 11.8. The summed E-state index contributed by atoms with van der Waals surface area (Å²) in [4.78, 5) is 26.1. The molecule has 0 aliphatic rings. The van der Waals surface area contributed by atoms with Gasteiger partial charge in [0, 0.05) is 12.6 Å². The van der Waals surface area contributed by atoms with Crippen LogP contribution in [0.15, 0.2) is 42.5 Å². The quantitative estimate of drug-likeness (QED) is 0.443. The van der Waals surface area contributed by atoms with Gasteiger partial charge in [0.2, 0.25) is 0 Å². The zero-order valence-corrected chi connectivity index (χ0v) is 17.9. The number of carbonyl (C=O) groups excluding carboxylic acids is 1. The molecule has 0 spiro atoms. The fourth-order valence-corrected chi connectivity index (χ4v) is 3.39. The molecule has 0 fully saturated rings. The van der Waals surface area contributed by atoms with E-state index in [1.54, 1.807) is 6.92 Å². The Morgan fingerprint density at radius 1 is 1.13 bits per heavy atom. The average molecular weight is 415 g/mol. The van der Waals surface area contributed by atoms with E-state index in [1.807, 2.05) is 30.3 Å². The number of nitro benzene ring substituents is 1. The Kier molecular flexibility index (Phi) is 8.61. The molecule has 0 saturated carbocycles. The molecule has 1 N–H and O–H groups in total. The molecule has 0 aliphatic carbocycles. The van der Waals surface area contributed by atoms with E-state index in [0.717, 1.165) is 18.7 Å². The molecule has 8 heteroatoms. The molecule has 30 heavy (non-hydrogen) atoms. The lowest BCUT2D eigenvalue weighted by atomic mass is 10.0. The highest BCUT2D eigenvalue weighted by molar-refractivity contribution is 5.99. The number of hydrogen-bond donors (Lipinski definition) is 1. The van der Waals surface area contributed by atoms with Crippen LogP contribution < -0.4 is 14.8 Å². The summed E-state index contributed by atoms with van der Waals surface area (Å²) in [7, 11) is 1.43. The molecule has 0 saturated heterocycles. The molecule has 1 unspecified atom stereocenters. The smallest absolute Gasteiger partial charge is 0.286 e. The first kappa shape index (κ1) is 23.2. The SMILES string of the molecule is CCOc1cc([N+](=O)[O-])c(C(=O)NCC(c2ccccc2)N(CC)CC)cc1OC. The molecule has 2 rings (SSSR count). The lowest BCUT2D eigenvalue weighted by Gasteiger charge is -2.30. The number of amides is 1. The number of methoxy groups -OCH3 is 1. The van der Waals surface area contributed by atoms with E-state index >= 15 is 0 Å². The van der Waals surface area contributed by atoms with Crippen molar-refractivity contribution in [2.45, 2.75) is 26.8 Å². The van der Waals surface area contributed by atoms with Gasteiger partial charge in [0.15, 0.2) is 11.5 Å². The standard InChI is InChI=1S/C22H29N3O5/c1-5-24(6-2)19(16-11-9-8-10-12-16)15-23-22(26)17-13-20(29-4)21(30-7-3)14-18(17)25(27)28/h8-14,19H,5-7,15H2,1-4H3,(H,23,26). The van der Waals surface area contributed by atoms with Crippen molar-refractivity contribution in [2.24, 2.45) is 0 Å². The van der Waals surface area contributed by atoms with E-state index in [4.69, 9.17) is 9.47 Å². The summed E-state index contributed by atoms with van der Waals surface area (Å²) in [5, 5.41) is 14.4. The molecular weight excluding hydrogens is 386 g/mol. The lowest BCUT2D eigenvalue weighted by molar-refractivity contribution is -0.385. The van der Waals surface area contributed by atoms with Crippen molar-refractivity contribution in [3.63, 3.8) is 0 Å². The Labute approximate surface area is 176 Å². The van der Waals surface area contributed by atoms with Gasteiger partial charge in [-0.05, 0) is 25.6 Å². The van der Waals surface area contributed by atoms with Gasteiger partial charge in [-0.3, -0.25) is 19.8 Å². The molecule has 8 nitrogen and oxygen atoms in total. The van der Waals surface area contributed by atoms with Gasteiger partial charge in [0.1, 0.15) is 5.56 Å². The number of rotatable bonds is 11. The zero-order chi connectivity index (χ0) is 22.1. The van der Waals surface area contributed by atoms with Crippen LogP contribution in [0.25, 0.3) is 0 Å². The topological polar surface area (TPSA) is 93.9 Å². The molecule has 1 amide bonds. The highest BCUT2D eigenvalue weighted by Crippen LogP contribution is 2.35. The summed E-state index contributed by atoms with van der Waals surface area (Å²) in [5.74, 6) is -0.0272. The van der Waals surface area contributed by atoms with E-state index in [0.29, 0.717) is 13.2 Å². The van der Waals surface area contributed by atoms with Crippen molar-refractivity contribution < 1.29 is 19.2 Å². The van der Waals surface area contributed by atoms with Gasteiger partial charge < -0.3 is 14.8 Å². The Balaban J connectivity index is 2.32. The van der Waals surface area contributed by atoms with E-state index in [2.05, 4.69) is 24.1 Å². The van der Waals surface area contributed by atoms with Crippen molar-refractivity contribution >= 4 is 11.6 Å². The summed E-state index contributed by atoms with van der Waals surface area (Å²) in [6.45, 7) is 8.14. The average Bonchev–Trinajstić information content (AvgIpc) is 2.76. The van der Waals surface area contributed by atoms with Gasteiger partial charge >= 0.3 is 0 Å². The van der Waals surface area contributed by atoms with Crippen LogP contribution in [0, 0.1) is 10.1 Å². The second-order valence-electron chi connectivity index (χ2n) is 6.57. The highest BCUT2D eigenvalue weighted by Gasteiger charge is 2.26. The van der Waals surface area contributed by atoms with Crippen LogP contribution in [0.2, 0.25) is 0 Å². The van der Waals surface area contributed by atoms with Crippen molar-refractivity contribution in [1.29, 1.82) is 0 Å². The van der Waals surface area contributed by atoms with Crippen molar-refractivity contribution in [3.05, 3.63) is 63.7 Å². The first-order valence-corrected chi connectivity index (χ1v) is 10.0. The minimum Gasteiger partial charge on any atom is -0.493 e. The molecular formula is C22H29N3O5. The van der Waals surface area contributed by atoms with Crippen molar-refractivity contribution in [1.82, 2.24) is 10.2 Å². The van der Waals surface area contributed by atoms with Gasteiger partial charge in [-0.1, -0.05) is 44.2 Å². The van der Waals surface area contributed by atoms with Gasteiger partial charge in [-0.2, -0.15) is 0 Å². The molecule has 0 heterocycles. The lowest BCUT2D eigenvalue weighted by Crippen LogP contribution is -2.38. The van der Waals surface area contributed by atoms with Crippen LogP contribution in [-0.4, -0.2) is 49.1 Å². The number of likely N-dealkylation sites (N-methyl/N-ethyl adjacent to an activating group) is 1. The maximum absolute atomic E-state index is 12.9. The molecule has 2 aromatic carbocycles. The summed E-state index contributed by atoms with van der Waals surface area (Å²) >= 11 is 0. The van der Waals surface area contributed by atoms with E-state index in [-0.39, 0.29) is 28.8 Å². The van der Waals surface area contributed by atoms with Crippen LogP contribution in [0.3, 0.4) is 0 Å². The van der Waals surface area contributed by atoms with E-state index in [9.17, 15) is 14.9 Å². The summed E-state index contributed by atoms with van der Waals surface area (Å²) < 4.78 is 10.7. The second-order valence-corrected chi connectivity index (χ2v) is 6.57. The molecule has 0 radical (unpaired) electrons.